The lowest BCUT2D eigenvalue weighted by atomic mass is 10.2. The molecule has 0 atom stereocenters. The molecule has 0 heterocycles. The maximum Gasteiger partial charge on any atom is 0.259 e. The molecule has 0 aliphatic rings. The van der Waals surface area contributed by atoms with Gasteiger partial charge in [0.2, 0.25) is 0 Å². The second kappa shape index (κ2) is 9.26. The summed E-state index contributed by atoms with van der Waals surface area (Å²) in [6, 6.07) is 11.2. The SMILES string of the molecule is CCOc1cc(/C=N/NC(=O)CNc2ccc(C)cc2)cc(I)c1O. The Morgan fingerprint density at radius 2 is 2.04 bits per heavy atom. The number of rotatable bonds is 7. The molecule has 0 bridgehead atoms. The van der Waals surface area contributed by atoms with Gasteiger partial charge >= 0.3 is 0 Å². The van der Waals surface area contributed by atoms with Crippen LogP contribution in [0.15, 0.2) is 41.5 Å². The van der Waals surface area contributed by atoms with Crippen LogP contribution in [0.1, 0.15) is 18.1 Å². The average molecular weight is 453 g/mol. The second-order valence-corrected chi connectivity index (χ2v) is 6.46. The van der Waals surface area contributed by atoms with Crippen molar-refractivity contribution in [3.63, 3.8) is 0 Å². The molecule has 2 rings (SSSR count). The van der Waals surface area contributed by atoms with Gasteiger partial charge in [-0.25, -0.2) is 5.43 Å². The molecule has 132 valence electrons. The molecule has 2 aromatic carbocycles. The summed E-state index contributed by atoms with van der Waals surface area (Å²) in [7, 11) is 0. The number of nitrogens with one attached hydrogen (secondary N) is 2. The van der Waals surface area contributed by atoms with Crippen LogP contribution in [0, 0.1) is 10.5 Å². The van der Waals surface area contributed by atoms with E-state index in [0.29, 0.717) is 15.9 Å². The van der Waals surface area contributed by atoms with Gasteiger partial charge in [0.25, 0.3) is 5.91 Å². The molecule has 0 saturated carbocycles. The first-order chi connectivity index (χ1) is 12.0. The number of hydrogen-bond acceptors (Lipinski definition) is 5. The number of ether oxygens (including phenoxy) is 1. The minimum Gasteiger partial charge on any atom is -0.504 e. The van der Waals surface area contributed by atoms with Gasteiger partial charge in [0, 0.05) is 5.69 Å². The number of anilines is 1. The molecule has 0 radical (unpaired) electrons. The van der Waals surface area contributed by atoms with Gasteiger partial charge in [-0.15, -0.1) is 0 Å². The van der Waals surface area contributed by atoms with E-state index in [2.05, 4.69) is 15.8 Å². The van der Waals surface area contributed by atoms with Crippen molar-refractivity contribution in [2.45, 2.75) is 13.8 Å². The zero-order valence-corrected chi connectivity index (χ0v) is 16.2. The summed E-state index contributed by atoms with van der Waals surface area (Å²) >= 11 is 2.01. The minimum atomic E-state index is -0.254. The molecule has 6 nitrogen and oxygen atoms in total. The van der Waals surface area contributed by atoms with Gasteiger partial charge in [-0.1, -0.05) is 17.7 Å². The smallest absolute Gasteiger partial charge is 0.259 e. The lowest BCUT2D eigenvalue weighted by molar-refractivity contribution is -0.119. The summed E-state index contributed by atoms with van der Waals surface area (Å²) in [6.07, 6.45) is 1.51. The van der Waals surface area contributed by atoms with Gasteiger partial charge in [0.1, 0.15) is 0 Å². The molecule has 0 fully saturated rings. The number of phenols is 1. The normalized spacial score (nSPS) is 10.7. The fraction of sp³-hybridized carbons (Fsp3) is 0.222. The van der Waals surface area contributed by atoms with Crippen molar-refractivity contribution in [2.24, 2.45) is 5.10 Å². The third-order valence-electron chi connectivity index (χ3n) is 3.26. The highest BCUT2D eigenvalue weighted by Crippen LogP contribution is 2.32. The molecule has 3 N–H and O–H groups in total. The summed E-state index contributed by atoms with van der Waals surface area (Å²) in [6.45, 7) is 4.42. The highest BCUT2D eigenvalue weighted by molar-refractivity contribution is 14.1. The van der Waals surface area contributed by atoms with Crippen LogP contribution in [0.25, 0.3) is 0 Å². The summed E-state index contributed by atoms with van der Waals surface area (Å²) in [4.78, 5) is 11.8. The van der Waals surface area contributed by atoms with E-state index in [4.69, 9.17) is 4.74 Å². The van der Waals surface area contributed by atoms with Crippen molar-refractivity contribution in [3.8, 4) is 11.5 Å². The van der Waals surface area contributed by atoms with Crippen LogP contribution in [0.4, 0.5) is 5.69 Å². The Labute approximate surface area is 160 Å². The van der Waals surface area contributed by atoms with E-state index in [0.717, 1.165) is 16.8 Å². The van der Waals surface area contributed by atoms with Crippen LogP contribution in [-0.2, 0) is 4.79 Å². The Balaban J connectivity index is 1.89. The van der Waals surface area contributed by atoms with E-state index in [-0.39, 0.29) is 18.2 Å². The molecule has 0 saturated heterocycles. The molecular weight excluding hydrogens is 433 g/mol. The Hall–Kier alpha value is -2.29. The number of hydrazone groups is 1. The minimum absolute atomic E-state index is 0.103. The number of phenolic OH excluding ortho intramolecular Hbond substituents is 1. The van der Waals surface area contributed by atoms with Gasteiger partial charge in [-0.3, -0.25) is 4.79 Å². The van der Waals surface area contributed by atoms with Crippen LogP contribution in [-0.4, -0.2) is 30.4 Å². The van der Waals surface area contributed by atoms with Crippen LogP contribution in [0.5, 0.6) is 11.5 Å². The number of amides is 1. The zero-order valence-electron chi connectivity index (χ0n) is 14.0. The van der Waals surface area contributed by atoms with E-state index < -0.39 is 0 Å². The fourth-order valence-corrected chi connectivity index (χ4v) is 2.63. The van der Waals surface area contributed by atoms with Crippen molar-refractivity contribution in [1.29, 1.82) is 0 Å². The molecule has 0 aliphatic carbocycles. The lowest BCUT2D eigenvalue weighted by Crippen LogP contribution is -2.25. The van der Waals surface area contributed by atoms with Crippen LogP contribution >= 0.6 is 22.6 Å². The molecule has 0 aromatic heterocycles. The average Bonchev–Trinajstić information content (AvgIpc) is 2.59. The number of halogens is 1. The maximum atomic E-state index is 11.8. The molecule has 25 heavy (non-hydrogen) atoms. The van der Waals surface area contributed by atoms with Crippen LogP contribution < -0.4 is 15.5 Å². The van der Waals surface area contributed by atoms with E-state index in [1.165, 1.54) is 6.21 Å². The van der Waals surface area contributed by atoms with Crippen LogP contribution in [0.3, 0.4) is 0 Å². The zero-order chi connectivity index (χ0) is 18.2. The Morgan fingerprint density at radius 1 is 1.32 bits per heavy atom. The first-order valence-electron chi connectivity index (χ1n) is 7.77. The predicted octanol–water partition coefficient (Wildman–Crippen LogP) is 3.27. The third-order valence-corrected chi connectivity index (χ3v) is 4.08. The molecule has 2 aromatic rings. The molecular formula is C18H20IN3O3. The van der Waals surface area contributed by atoms with Gasteiger partial charge in [0.05, 0.1) is 22.9 Å². The second-order valence-electron chi connectivity index (χ2n) is 5.30. The Bertz CT molecular complexity index is 761. The standard InChI is InChI=1S/C18H20IN3O3/c1-3-25-16-9-13(8-15(19)18(16)24)10-21-22-17(23)11-20-14-6-4-12(2)5-7-14/h4-10,20,24H,3,11H2,1-2H3,(H,22,23)/b21-10+. The van der Waals surface area contributed by atoms with Crippen molar-refractivity contribution in [3.05, 3.63) is 51.1 Å². The monoisotopic (exact) mass is 453 g/mol. The Kier molecular flexibility index (Phi) is 7.05. The highest BCUT2D eigenvalue weighted by atomic mass is 127. The van der Waals surface area contributed by atoms with Crippen molar-refractivity contribution in [1.82, 2.24) is 5.43 Å². The van der Waals surface area contributed by atoms with Crippen molar-refractivity contribution < 1.29 is 14.6 Å². The largest absolute Gasteiger partial charge is 0.504 e. The number of hydrogen-bond donors (Lipinski definition) is 3. The van der Waals surface area contributed by atoms with Crippen molar-refractivity contribution >= 4 is 40.4 Å². The van der Waals surface area contributed by atoms with E-state index in [9.17, 15) is 9.90 Å². The summed E-state index contributed by atoms with van der Waals surface area (Å²) in [5.74, 6) is 0.240. The maximum absolute atomic E-state index is 11.8. The summed E-state index contributed by atoms with van der Waals surface area (Å²) < 4.78 is 6.02. The number of aryl methyl sites for hydroxylation is 1. The lowest BCUT2D eigenvalue weighted by Gasteiger charge is -2.08. The summed E-state index contributed by atoms with van der Waals surface area (Å²) in [5, 5.41) is 16.9. The number of carbonyl (C=O) groups excluding carboxylic acids is 1. The number of benzene rings is 2. The van der Waals surface area contributed by atoms with E-state index in [1.807, 2.05) is 60.7 Å². The predicted molar refractivity (Wildman–Crippen MR) is 107 cm³/mol. The highest BCUT2D eigenvalue weighted by Gasteiger charge is 2.08. The summed E-state index contributed by atoms with van der Waals surface area (Å²) in [5.41, 5.74) is 5.22. The Morgan fingerprint density at radius 3 is 2.72 bits per heavy atom. The van der Waals surface area contributed by atoms with Gasteiger partial charge in [-0.05, 0) is 66.3 Å². The van der Waals surface area contributed by atoms with E-state index in [1.54, 1.807) is 12.1 Å². The van der Waals surface area contributed by atoms with Crippen molar-refractivity contribution in [2.75, 3.05) is 18.5 Å². The molecule has 0 unspecified atom stereocenters. The number of aromatic hydroxyl groups is 1. The third kappa shape index (κ3) is 5.93. The van der Waals surface area contributed by atoms with E-state index >= 15 is 0 Å². The topological polar surface area (TPSA) is 83.0 Å². The first-order valence-corrected chi connectivity index (χ1v) is 8.85. The number of carbonyl (C=O) groups is 1. The van der Waals surface area contributed by atoms with Gasteiger partial charge in [-0.2, -0.15) is 5.10 Å². The molecule has 0 aliphatic heterocycles. The molecule has 7 heteroatoms. The fourth-order valence-electron chi connectivity index (χ4n) is 2.01. The van der Waals surface area contributed by atoms with Crippen LogP contribution in [0.2, 0.25) is 0 Å². The molecule has 1 amide bonds. The quantitative estimate of drug-likeness (QED) is 0.342. The number of nitrogens with zero attached hydrogens (tertiary/aromatic N) is 1. The first kappa shape index (κ1) is 19.0. The van der Waals surface area contributed by atoms with Gasteiger partial charge < -0.3 is 15.2 Å². The molecule has 0 spiro atoms. The van der Waals surface area contributed by atoms with Gasteiger partial charge in [0.15, 0.2) is 11.5 Å².